The molecule has 0 aliphatic heterocycles. The fourth-order valence-electron chi connectivity index (χ4n) is 3.90. The summed E-state index contributed by atoms with van der Waals surface area (Å²) in [5, 5.41) is 25.6. The van der Waals surface area contributed by atoms with Gasteiger partial charge in [0, 0.05) is 27.2 Å². The molecule has 4 aromatic rings. The first-order chi connectivity index (χ1) is 18.0. The van der Waals surface area contributed by atoms with Crippen molar-refractivity contribution in [3.8, 4) is 11.5 Å². The summed E-state index contributed by atoms with van der Waals surface area (Å²) in [6.07, 6.45) is 0.179. The number of nitrogens with one attached hydrogen (secondary N) is 1. The first-order valence-corrected chi connectivity index (χ1v) is 13.3. The van der Waals surface area contributed by atoms with E-state index in [-0.39, 0.29) is 68.5 Å². The van der Waals surface area contributed by atoms with Crippen LogP contribution in [0.4, 0.5) is 17.1 Å². The first-order valence-electron chi connectivity index (χ1n) is 11.1. The number of rotatable bonds is 7. The second-order valence-electron chi connectivity index (χ2n) is 8.06. The van der Waals surface area contributed by atoms with E-state index in [1.165, 1.54) is 25.3 Å². The zero-order valence-corrected chi connectivity index (χ0v) is 25.4. The number of ether oxygens (including phenoxy) is 1. The number of amides is 1. The number of benzene rings is 4. The van der Waals surface area contributed by atoms with Gasteiger partial charge in [-0.25, -0.2) is 0 Å². The zero-order chi connectivity index (χ0) is 27.6. The van der Waals surface area contributed by atoms with E-state index in [9.17, 15) is 22.9 Å². The predicted octanol–water partition coefficient (Wildman–Crippen LogP) is 3.71. The van der Waals surface area contributed by atoms with Crippen LogP contribution >= 0.6 is 23.2 Å². The van der Waals surface area contributed by atoms with Crippen LogP contribution < -0.4 is 44.7 Å². The van der Waals surface area contributed by atoms with Crippen molar-refractivity contribution in [2.75, 3.05) is 12.4 Å². The van der Waals surface area contributed by atoms with Crippen LogP contribution in [0, 0.1) is 0 Å². The number of carbonyl (C=O) groups is 1. The fraction of sp³-hybridized carbons (Fsp3) is 0.115. The molecule has 196 valence electrons. The molecule has 0 saturated heterocycles. The van der Waals surface area contributed by atoms with E-state index >= 15 is 0 Å². The van der Waals surface area contributed by atoms with Crippen LogP contribution in [0.3, 0.4) is 0 Å². The monoisotopic (exact) mass is 595 g/mol. The standard InChI is InChI=1S/C26H21Cl2N3O6S.Na/c1-3-17-21(11-15(27)12-23(17)38(34,35)36)30-31-24-18-7-5-4-6-14(18)10-19(25(24)32)26(33)29-16-8-9-22(37-2)20(28)13-16;/h4-13,32H,3H2,1-2H3,(H,29,33)(H,34,35,36);/q;+1/p-1. The summed E-state index contributed by atoms with van der Waals surface area (Å²) in [4.78, 5) is 12.7. The molecule has 13 heteroatoms. The number of carbonyl (C=O) groups excluding carboxylic acids is 1. The van der Waals surface area contributed by atoms with Crippen LogP contribution in [0.25, 0.3) is 10.8 Å². The Morgan fingerprint density at radius 1 is 1.08 bits per heavy atom. The first kappa shape index (κ1) is 30.8. The zero-order valence-electron chi connectivity index (χ0n) is 21.0. The molecule has 0 radical (unpaired) electrons. The van der Waals surface area contributed by atoms with Crippen molar-refractivity contribution < 1.29 is 57.2 Å². The van der Waals surface area contributed by atoms with Gasteiger partial charge in [-0.1, -0.05) is 60.1 Å². The minimum Gasteiger partial charge on any atom is -0.870 e. The minimum atomic E-state index is -4.59. The maximum Gasteiger partial charge on any atom is 1.00 e. The molecule has 0 unspecified atom stereocenters. The Labute approximate surface area is 256 Å². The predicted molar refractivity (Wildman–Crippen MR) is 144 cm³/mol. The van der Waals surface area contributed by atoms with Gasteiger partial charge in [0.15, 0.2) is 0 Å². The largest absolute Gasteiger partial charge is 1.00 e. The summed E-state index contributed by atoms with van der Waals surface area (Å²) < 4.78 is 38.5. The van der Waals surface area contributed by atoms with Crippen molar-refractivity contribution in [3.05, 3.63) is 81.8 Å². The Morgan fingerprint density at radius 3 is 2.44 bits per heavy atom. The normalized spacial score (nSPS) is 11.4. The third-order valence-corrected chi connectivity index (χ3v) is 7.10. The fourth-order valence-corrected chi connectivity index (χ4v) is 5.27. The second-order valence-corrected chi connectivity index (χ2v) is 10.3. The van der Waals surface area contributed by atoms with Crippen molar-refractivity contribution in [1.29, 1.82) is 0 Å². The number of azo groups is 1. The number of nitrogens with zero attached hydrogens (tertiary/aromatic N) is 2. The molecule has 1 amide bonds. The van der Waals surface area contributed by atoms with Crippen molar-refractivity contribution in [3.63, 3.8) is 0 Å². The van der Waals surface area contributed by atoms with Gasteiger partial charge >= 0.3 is 29.6 Å². The molecule has 0 aliphatic rings. The molecule has 0 heterocycles. The van der Waals surface area contributed by atoms with Crippen LogP contribution in [0.5, 0.6) is 11.5 Å². The molecule has 0 aromatic heterocycles. The van der Waals surface area contributed by atoms with E-state index < -0.39 is 26.7 Å². The average Bonchev–Trinajstić information content (AvgIpc) is 2.87. The van der Waals surface area contributed by atoms with Crippen molar-refractivity contribution >= 4 is 67.1 Å². The van der Waals surface area contributed by atoms with Crippen LogP contribution in [0.2, 0.25) is 10.0 Å². The molecular weight excluding hydrogens is 576 g/mol. The van der Waals surface area contributed by atoms with Crippen LogP contribution in [0.1, 0.15) is 22.8 Å². The topological polar surface area (TPSA) is 140 Å². The van der Waals surface area contributed by atoms with Crippen LogP contribution in [-0.4, -0.2) is 26.0 Å². The van der Waals surface area contributed by atoms with Gasteiger partial charge < -0.3 is 15.2 Å². The molecule has 2 N–H and O–H groups in total. The number of halogens is 2. The van der Waals surface area contributed by atoms with Crippen molar-refractivity contribution in [1.82, 2.24) is 0 Å². The van der Waals surface area contributed by atoms with Crippen LogP contribution in [0.15, 0.2) is 75.8 Å². The maximum absolute atomic E-state index is 13.4. The molecule has 4 rings (SSSR count). The van der Waals surface area contributed by atoms with E-state index in [0.29, 0.717) is 22.2 Å². The van der Waals surface area contributed by atoms with E-state index in [1.807, 2.05) is 0 Å². The van der Waals surface area contributed by atoms with Gasteiger partial charge in [0.25, 0.3) is 16.0 Å². The molecule has 0 bridgehead atoms. The van der Waals surface area contributed by atoms with E-state index in [2.05, 4.69) is 15.5 Å². The second kappa shape index (κ2) is 12.6. The van der Waals surface area contributed by atoms with Gasteiger partial charge in [0.2, 0.25) is 0 Å². The number of anilines is 1. The number of methoxy groups -OCH3 is 1. The summed E-state index contributed by atoms with van der Waals surface area (Å²) >= 11 is 12.2. The van der Waals surface area contributed by atoms with Gasteiger partial charge in [-0.05, 0) is 48.2 Å². The van der Waals surface area contributed by atoms with Crippen molar-refractivity contribution in [2.45, 2.75) is 18.2 Å². The Hall–Kier alpha value is -2.70. The van der Waals surface area contributed by atoms with Gasteiger partial charge in [0.05, 0.1) is 23.5 Å². The van der Waals surface area contributed by atoms with Gasteiger partial charge in [-0.15, -0.1) is 0 Å². The van der Waals surface area contributed by atoms with Crippen molar-refractivity contribution in [2.24, 2.45) is 10.2 Å². The third-order valence-electron chi connectivity index (χ3n) is 5.67. The molecule has 0 fully saturated rings. The van der Waals surface area contributed by atoms with E-state index in [1.54, 1.807) is 43.3 Å². The summed E-state index contributed by atoms with van der Waals surface area (Å²) in [6, 6.07) is 15.4. The SMILES string of the molecule is CCc1c(N=Nc2c([O-])c(C(=O)Nc3ccc(OC)c(Cl)c3)cc3ccccc23)cc(Cl)cc1S(=O)(=O)O.[Na+]. The van der Waals surface area contributed by atoms with E-state index in [4.69, 9.17) is 27.9 Å². The molecule has 9 nitrogen and oxygen atoms in total. The molecule has 0 aliphatic carbocycles. The van der Waals surface area contributed by atoms with Gasteiger partial charge in [0.1, 0.15) is 10.6 Å². The summed E-state index contributed by atoms with van der Waals surface area (Å²) in [5.41, 5.74) is 0.254. The average molecular weight is 596 g/mol. The Morgan fingerprint density at radius 2 is 1.79 bits per heavy atom. The van der Waals surface area contributed by atoms with Gasteiger partial charge in [-0.2, -0.15) is 18.6 Å². The quantitative estimate of drug-likeness (QED) is 0.189. The Balaban J connectivity index is 0.00000420. The third kappa shape index (κ3) is 6.72. The number of hydrogen-bond donors (Lipinski definition) is 2. The molecule has 0 atom stereocenters. The molecule has 0 spiro atoms. The summed E-state index contributed by atoms with van der Waals surface area (Å²) in [5.74, 6) is -0.962. The maximum atomic E-state index is 13.4. The molecular formula is C26H20Cl2N3NaO6S. The molecule has 39 heavy (non-hydrogen) atoms. The van der Waals surface area contributed by atoms with Crippen LogP contribution in [-0.2, 0) is 16.5 Å². The van der Waals surface area contributed by atoms with Gasteiger partial charge in [-0.3, -0.25) is 9.35 Å². The smallest absolute Gasteiger partial charge is 0.870 e. The Bertz CT molecular complexity index is 1710. The Kier molecular flexibility index (Phi) is 10.0. The molecule has 4 aromatic carbocycles. The summed E-state index contributed by atoms with van der Waals surface area (Å²) in [6.45, 7) is 1.67. The number of hydrogen-bond acceptors (Lipinski definition) is 7. The number of fused-ring (bicyclic) bond motifs is 1. The summed E-state index contributed by atoms with van der Waals surface area (Å²) in [7, 11) is -3.13. The van der Waals surface area contributed by atoms with E-state index in [0.717, 1.165) is 6.07 Å². The molecule has 0 saturated carbocycles. The minimum absolute atomic E-state index is 0.